The summed E-state index contributed by atoms with van der Waals surface area (Å²) in [4.78, 5) is 1.06. The highest BCUT2D eigenvalue weighted by molar-refractivity contribution is 7.91. The van der Waals surface area contributed by atoms with Crippen LogP contribution in [0.5, 0.6) is 0 Å². The molecule has 0 spiro atoms. The van der Waals surface area contributed by atoms with Crippen molar-refractivity contribution in [3.63, 3.8) is 0 Å². The van der Waals surface area contributed by atoms with Crippen molar-refractivity contribution >= 4 is 21.4 Å². The molecule has 0 aromatic carbocycles. The number of likely N-dealkylation sites (N-methyl/N-ethyl adjacent to an activating group) is 1. The predicted octanol–water partition coefficient (Wildman–Crippen LogP) is 1.66. The Kier molecular flexibility index (Phi) is 5.57. The number of hydrogen-bond acceptors (Lipinski definition) is 5. The van der Waals surface area contributed by atoms with E-state index in [0.717, 1.165) is 11.4 Å². The van der Waals surface area contributed by atoms with Crippen molar-refractivity contribution in [1.82, 2.24) is 9.62 Å². The molecule has 0 radical (unpaired) electrons. The lowest BCUT2D eigenvalue weighted by atomic mass is 10.4. The zero-order chi connectivity index (χ0) is 14.6. The Bertz CT molecular complexity index is 523. The van der Waals surface area contributed by atoms with E-state index >= 15 is 0 Å². The summed E-state index contributed by atoms with van der Waals surface area (Å²) in [5.74, 6) is 0. The summed E-state index contributed by atoms with van der Waals surface area (Å²) in [6, 6.07) is 4.22. The first-order valence-electron chi connectivity index (χ1n) is 6.90. The molecule has 2 rings (SSSR count). The number of nitrogens with zero attached hydrogens (tertiary/aromatic N) is 1. The first kappa shape index (κ1) is 15.9. The number of nitrogens with one attached hydrogen (secondary N) is 1. The van der Waals surface area contributed by atoms with E-state index in [4.69, 9.17) is 4.74 Å². The summed E-state index contributed by atoms with van der Waals surface area (Å²) in [6.07, 6.45) is 2.47. The molecule has 1 fully saturated rings. The number of hydrogen-bond donors (Lipinski definition) is 1. The van der Waals surface area contributed by atoms with Gasteiger partial charge in [0.1, 0.15) is 4.21 Å². The monoisotopic (exact) mass is 318 g/mol. The summed E-state index contributed by atoms with van der Waals surface area (Å²) in [5.41, 5.74) is 0. The van der Waals surface area contributed by atoms with Gasteiger partial charge < -0.3 is 10.1 Å². The van der Waals surface area contributed by atoms with Crippen LogP contribution in [0, 0.1) is 0 Å². The van der Waals surface area contributed by atoms with Crippen LogP contribution in [-0.2, 0) is 21.3 Å². The second-order valence-electron chi connectivity index (χ2n) is 4.90. The third kappa shape index (κ3) is 4.26. The first-order chi connectivity index (χ1) is 9.54. The molecule has 20 heavy (non-hydrogen) atoms. The number of sulfonamides is 1. The maximum atomic E-state index is 12.4. The predicted molar refractivity (Wildman–Crippen MR) is 80.5 cm³/mol. The summed E-state index contributed by atoms with van der Waals surface area (Å²) in [6.45, 7) is 4.06. The first-order valence-corrected chi connectivity index (χ1v) is 9.16. The smallest absolute Gasteiger partial charge is 0.252 e. The van der Waals surface area contributed by atoms with Crippen molar-refractivity contribution in [3.8, 4) is 0 Å². The summed E-state index contributed by atoms with van der Waals surface area (Å²) >= 11 is 1.34. The van der Waals surface area contributed by atoms with Gasteiger partial charge in [0.15, 0.2) is 0 Å². The molecule has 0 aliphatic heterocycles. The van der Waals surface area contributed by atoms with Crippen LogP contribution in [-0.4, -0.2) is 45.6 Å². The third-order valence-corrected chi connectivity index (χ3v) is 6.61. The molecule has 5 nitrogen and oxygen atoms in total. The minimum atomic E-state index is -3.38. The van der Waals surface area contributed by atoms with E-state index in [2.05, 4.69) is 5.32 Å². The Morgan fingerprint density at radius 3 is 2.85 bits per heavy atom. The van der Waals surface area contributed by atoms with E-state index in [0.29, 0.717) is 30.0 Å². The molecule has 0 amide bonds. The molecule has 1 aliphatic carbocycles. The topological polar surface area (TPSA) is 58.6 Å². The largest absolute Gasteiger partial charge is 0.380 e. The summed E-state index contributed by atoms with van der Waals surface area (Å²) in [7, 11) is -1.78. The zero-order valence-corrected chi connectivity index (χ0v) is 13.6. The number of rotatable bonds is 9. The molecule has 0 atom stereocenters. The van der Waals surface area contributed by atoms with Crippen LogP contribution in [0.3, 0.4) is 0 Å². The second kappa shape index (κ2) is 7.00. The van der Waals surface area contributed by atoms with Crippen LogP contribution in [0.15, 0.2) is 16.3 Å². The lowest BCUT2D eigenvalue weighted by Gasteiger charge is -2.15. The standard InChI is InChI=1S/C13H22N2O3S2/c1-3-18-9-8-15(2)20(16,17)13-7-6-12(19-13)10-14-11-4-5-11/h6-7,11,14H,3-5,8-10H2,1-2H3. The van der Waals surface area contributed by atoms with Gasteiger partial charge in [0.05, 0.1) is 6.61 Å². The minimum absolute atomic E-state index is 0.379. The van der Waals surface area contributed by atoms with Gasteiger partial charge in [-0.05, 0) is 31.9 Å². The molecular weight excluding hydrogens is 296 g/mol. The Morgan fingerprint density at radius 2 is 2.20 bits per heavy atom. The van der Waals surface area contributed by atoms with Crippen molar-refractivity contribution in [2.24, 2.45) is 0 Å². The fraction of sp³-hybridized carbons (Fsp3) is 0.692. The maximum absolute atomic E-state index is 12.4. The highest BCUT2D eigenvalue weighted by Gasteiger charge is 2.24. The Hall–Kier alpha value is -0.470. The van der Waals surface area contributed by atoms with Crippen molar-refractivity contribution in [2.75, 3.05) is 26.8 Å². The van der Waals surface area contributed by atoms with E-state index in [-0.39, 0.29) is 0 Å². The molecule has 1 N–H and O–H groups in total. The van der Waals surface area contributed by atoms with Crippen LogP contribution in [0.1, 0.15) is 24.6 Å². The molecule has 0 bridgehead atoms. The fourth-order valence-corrected chi connectivity index (χ4v) is 4.41. The van der Waals surface area contributed by atoms with Gasteiger partial charge in [0.25, 0.3) is 10.0 Å². The van der Waals surface area contributed by atoms with Gasteiger partial charge in [0, 0.05) is 37.7 Å². The van der Waals surface area contributed by atoms with Gasteiger partial charge in [-0.25, -0.2) is 8.42 Å². The molecule has 1 heterocycles. The fourth-order valence-electron chi connectivity index (χ4n) is 1.74. The van der Waals surface area contributed by atoms with E-state index in [1.54, 1.807) is 13.1 Å². The molecule has 7 heteroatoms. The Morgan fingerprint density at radius 1 is 1.45 bits per heavy atom. The SMILES string of the molecule is CCOCCN(C)S(=O)(=O)c1ccc(CNC2CC2)s1. The highest BCUT2D eigenvalue weighted by atomic mass is 32.2. The van der Waals surface area contributed by atoms with E-state index in [1.807, 2.05) is 13.0 Å². The summed E-state index contributed by atoms with van der Waals surface area (Å²) < 4.78 is 31.7. The van der Waals surface area contributed by atoms with E-state index in [9.17, 15) is 8.42 Å². The molecule has 114 valence electrons. The van der Waals surface area contributed by atoms with Gasteiger partial charge in [-0.2, -0.15) is 4.31 Å². The number of ether oxygens (including phenoxy) is 1. The van der Waals surface area contributed by atoms with Crippen LogP contribution in [0.2, 0.25) is 0 Å². The average molecular weight is 318 g/mol. The van der Waals surface area contributed by atoms with Gasteiger partial charge in [-0.15, -0.1) is 11.3 Å². The lowest BCUT2D eigenvalue weighted by molar-refractivity contribution is 0.138. The van der Waals surface area contributed by atoms with E-state index < -0.39 is 10.0 Å². The quantitative estimate of drug-likeness (QED) is 0.704. The van der Waals surface area contributed by atoms with Crippen LogP contribution in [0.4, 0.5) is 0 Å². The minimum Gasteiger partial charge on any atom is -0.380 e. The van der Waals surface area contributed by atoms with Crippen LogP contribution < -0.4 is 5.32 Å². The van der Waals surface area contributed by atoms with Crippen LogP contribution in [0.25, 0.3) is 0 Å². The maximum Gasteiger partial charge on any atom is 0.252 e. The molecular formula is C13H22N2O3S2. The lowest BCUT2D eigenvalue weighted by Crippen LogP contribution is -2.29. The molecule has 0 saturated heterocycles. The molecule has 1 aliphatic rings. The number of thiophene rings is 1. The van der Waals surface area contributed by atoms with Crippen LogP contribution >= 0.6 is 11.3 Å². The van der Waals surface area contributed by atoms with Crippen molar-refractivity contribution in [2.45, 2.75) is 36.6 Å². The average Bonchev–Trinajstić information content (AvgIpc) is 3.12. The zero-order valence-electron chi connectivity index (χ0n) is 12.0. The molecule has 0 unspecified atom stereocenters. The van der Waals surface area contributed by atoms with Gasteiger partial charge >= 0.3 is 0 Å². The van der Waals surface area contributed by atoms with Crippen molar-refractivity contribution in [3.05, 3.63) is 17.0 Å². The second-order valence-corrected chi connectivity index (χ2v) is 8.34. The molecule has 1 saturated carbocycles. The molecule has 1 aromatic heterocycles. The van der Waals surface area contributed by atoms with Gasteiger partial charge in [-0.1, -0.05) is 0 Å². The van der Waals surface area contributed by atoms with Crippen molar-refractivity contribution in [1.29, 1.82) is 0 Å². The van der Waals surface area contributed by atoms with E-state index in [1.165, 1.54) is 28.5 Å². The third-order valence-electron chi connectivity index (χ3n) is 3.20. The Balaban J connectivity index is 1.93. The normalized spacial score (nSPS) is 15.9. The molecule has 1 aromatic rings. The highest BCUT2D eigenvalue weighted by Crippen LogP contribution is 2.25. The van der Waals surface area contributed by atoms with Gasteiger partial charge in [-0.3, -0.25) is 0 Å². The van der Waals surface area contributed by atoms with Crippen molar-refractivity contribution < 1.29 is 13.2 Å². The summed E-state index contributed by atoms with van der Waals surface area (Å²) in [5, 5.41) is 3.39. The Labute approximate surface area is 125 Å². The van der Waals surface area contributed by atoms with Gasteiger partial charge in [0.2, 0.25) is 0 Å².